The first kappa shape index (κ1) is 15.0. The van der Waals surface area contributed by atoms with Crippen LogP contribution in [0.25, 0.3) is 0 Å². The predicted octanol–water partition coefficient (Wildman–Crippen LogP) is 1.68. The Hall–Kier alpha value is -1.40. The van der Waals surface area contributed by atoms with E-state index >= 15 is 0 Å². The molecule has 2 heterocycles. The number of esters is 1. The number of nitrogens with zero attached hydrogens (tertiary/aromatic N) is 2. The first-order chi connectivity index (χ1) is 9.72. The predicted molar refractivity (Wildman–Crippen MR) is 72.4 cm³/mol. The van der Waals surface area contributed by atoms with Crippen LogP contribution in [0.3, 0.4) is 0 Å². The number of hydrogen-bond acceptors (Lipinski definition) is 5. The van der Waals surface area contributed by atoms with Gasteiger partial charge in [-0.2, -0.15) is 5.10 Å². The summed E-state index contributed by atoms with van der Waals surface area (Å²) in [6, 6.07) is 0. The van der Waals surface area contributed by atoms with E-state index in [1.165, 1.54) is 12.6 Å². The molecule has 0 saturated carbocycles. The molecule has 0 N–H and O–H groups in total. The van der Waals surface area contributed by atoms with Gasteiger partial charge >= 0.3 is 5.97 Å². The van der Waals surface area contributed by atoms with E-state index in [1.807, 2.05) is 0 Å². The Morgan fingerprint density at radius 1 is 1.55 bits per heavy atom. The van der Waals surface area contributed by atoms with Crippen molar-refractivity contribution in [2.45, 2.75) is 38.9 Å². The van der Waals surface area contributed by atoms with Gasteiger partial charge in [-0.1, -0.05) is 0 Å². The molecule has 0 aliphatic carbocycles. The zero-order valence-corrected chi connectivity index (χ0v) is 12.1. The summed E-state index contributed by atoms with van der Waals surface area (Å²) in [6.07, 6.45) is 5.05. The number of rotatable bonds is 6. The zero-order chi connectivity index (χ0) is 14.4. The Morgan fingerprint density at radius 3 is 3.10 bits per heavy atom. The molecule has 0 radical (unpaired) electrons. The van der Waals surface area contributed by atoms with Gasteiger partial charge in [0.05, 0.1) is 37.8 Å². The van der Waals surface area contributed by atoms with E-state index in [-0.39, 0.29) is 12.1 Å². The van der Waals surface area contributed by atoms with Gasteiger partial charge in [-0.3, -0.25) is 4.68 Å². The molecule has 1 aliphatic rings. The lowest BCUT2D eigenvalue weighted by Gasteiger charge is -2.22. The number of carbonyl (C=O) groups is 1. The minimum atomic E-state index is -0.354. The molecule has 1 unspecified atom stereocenters. The second kappa shape index (κ2) is 7.40. The molecule has 20 heavy (non-hydrogen) atoms. The third kappa shape index (κ3) is 3.80. The lowest BCUT2D eigenvalue weighted by Crippen LogP contribution is -2.24. The van der Waals surface area contributed by atoms with Crippen LogP contribution in [0, 0.1) is 0 Å². The molecule has 112 valence electrons. The standard InChI is InChI=1S/C14H22N2O4/c1-3-19-14(17)12-8-15-16(2)13(12)10-18-9-11-6-4-5-7-20-11/h8,11H,3-7,9-10H2,1-2H3. The summed E-state index contributed by atoms with van der Waals surface area (Å²) in [7, 11) is 1.79. The zero-order valence-electron chi connectivity index (χ0n) is 12.1. The molecule has 1 fully saturated rings. The quantitative estimate of drug-likeness (QED) is 0.743. The smallest absolute Gasteiger partial charge is 0.341 e. The molecule has 0 spiro atoms. The molecule has 6 nitrogen and oxygen atoms in total. The molecular weight excluding hydrogens is 260 g/mol. The Morgan fingerprint density at radius 2 is 2.40 bits per heavy atom. The van der Waals surface area contributed by atoms with Gasteiger partial charge in [-0.05, 0) is 26.2 Å². The van der Waals surface area contributed by atoms with Crippen LogP contribution in [-0.4, -0.2) is 41.7 Å². The summed E-state index contributed by atoms with van der Waals surface area (Å²) in [5, 5.41) is 4.09. The summed E-state index contributed by atoms with van der Waals surface area (Å²) < 4.78 is 17.9. The van der Waals surface area contributed by atoms with E-state index in [4.69, 9.17) is 14.2 Å². The summed E-state index contributed by atoms with van der Waals surface area (Å²) in [5.41, 5.74) is 1.21. The number of aryl methyl sites for hydroxylation is 1. The van der Waals surface area contributed by atoms with E-state index < -0.39 is 0 Å². The largest absolute Gasteiger partial charge is 0.462 e. The molecule has 1 saturated heterocycles. The fourth-order valence-corrected chi connectivity index (χ4v) is 2.24. The lowest BCUT2D eigenvalue weighted by atomic mass is 10.1. The van der Waals surface area contributed by atoms with Gasteiger partial charge < -0.3 is 14.2 Å². The van der Waals surface area contributed by atoms with Crippen molar-refractivity contribution in [3.8, 4) is 0 Å². The van der Waals surface area contributed by atoms with E-state index in [0.717, 1.165) is 25.1 Å². The molecule has 1 atom stereocenters. The summed E-state index contributed by atoms with van der Waals surface area (Å²) >= 11 is 0. The van der Waals surface area contributed by atoms with Gasteiger partial charge in [-0.25, -0.2) is 4.79 Å². The van der Waals surface area contributed by atoms with Crippen molar-refractivity contribution in [1.29, 1.82) is 0 Å². The lowest BCUT2D eigenvalue weighted by molar-refractivity contribution is -0.0458. The summed E-state index contributed by atoms with van der Waals surface area (Å²) in [6.45, 7) is 3.83. The van der Waals surface area contributed by atoms with E-state index in [1.54, 1.807) is 18.7 Å². The topological polar surface area (TPSA) is 62.6 Å². The van der Waals surface area contributed by atoms with E-state index in [2.05, 4.69) is 5.10 Å². The maximum Gasteiger partial charge on any atom is 0.341 e. The normalized spacial score (nSPS) is 19.0. The monoisotopic (exact) mass is 282 g/mol. The molecule has 0 aromatic carbocycles. The van der Waals surface area contributed by atoms with Gasteiger partial charge in [0.25, 0.3) is 0 Å². The maximum atomic E-state index is 11.8. The Kier molecular flexibility index (Phi) is 5.55. The third-order valence-corrected chi connectivity index (χ3v) is 3.37. The summed E-state index contributed by atoms with van der Waals surface area (Å²) in [5.74, 6) is -0.354. The van der Waals surface area contributed by atoms with Gasteiger partial charge in [0, 0.05) is 13.7 Å². The molecule has 1 aromatic heterocycles. The molecule has 6 heteroatoms. The van der Waals surface area contributed by atoms with Crippen molar-refractivity contribution in [3.63, 3.8) is 0 Å². The average Bonchev–Trinajstić information content (AvgIpc) is 2.82. The molecular formula is C14H22N2O4. The fourth-order valence-electron chi connectivity index (χ4n) is 2.24. The number of aromatic nitrogens is 2. The highest BCUT2D eigenvalue weighted by atomic mass is 16.5. The minimum Gasteiger partial charge on any atom is -0.462 e. The number of carbonyl (C=O) groups excluding carboxylic acids is 1. The first-order valence-electron chi connectivity index (χ1n) is 7.09. The SMILES string of the molecule is CCOC(=O)c1cnn(C)c1COCC1CCCCO1. The van der Waals surface area contributed by atoms with Gasteiger partial charge in [0.15, 0.2) is 0 Å². The number of ether oxygens (including phenoxy) is 3. The van der Waals surface area contributed by atoms with Crippen LogP contribution in [-0.2, 0) is 27.9 Å². The van der Waals surface area contributed by atoms with Crippen molar-refractivity contribution < 1.29 is 19.0 Å². The van der Waals surface area contributed by atoms with Crippen LogP contribution in [0.4, 0.5) is 0 Å². The Labute approximate surface area is 119 Å². The third-order valence-electron chi connectivity index (χ3n) is 3.37. The second-order valence-electron chi connectivity index (χ2n) is 4.85. The van der Waals surface area contributed by atoms with Gasteiger partial charge in [0.1, 0.15) is 5.56 Å². The van der Waals surface area contributed by atoms with Crippen LogP contribution in [0.15, 0.2) is 6.20 Å². The van der Waals surface area contributed by atoms with Gasteiger partial charge in [0.2, 0.25) is 0 Å². The highest BCUT2D eigenvalue weighted by Crippen LogP contribution is 2.15. The van der Waals surface area contributed by atoms with Crippen molar-refractivity contribution in [2.24, 2.45) is 7.05 Å². The first-order valence-corrected chi connectivity index (χ1v) is 7.09. The Bertz CT molecular complexity index is 438. The average molecular weight is 282 g/mol. The highest BCUT2D eigenvalue weighted by molar-refractivity contribution is 5.90. The summed E-state index contributed by atoms with van der Waals surface area (Å²) in [4.78, 5) is 11.8. The second-order valence-corrected chi connectivity index (χ2v) is 4.85. The highest BCUT2D eigenvalue weighted by Gasteiger charge is 2.19. The van der Waals surface area contributed by atoms with Crippen LogP contribution in [0.5, 0.6) is 0 Å². The Balaban J connectivity index is 1.88. The van der Waals surface area contributed by atoms with Crippen molar-refractivity contribution in [3.05, 3.63) is 17.5 Å². The van der Waals surface area contributed by atoms with Crippen molar-refractivity contribution in [2.75, 3.05) is 19.8 Å². The van der Waals surface area contributed by atoms with Crippen LogP contribution in [0.2, 0.25) is 0 Å². The van der Waals surface area contributed by atoms with E-state index in [0.29, 0.717) is 25.4 Å². The van der Waals surface area contributed by atoms with Crippen LogP contribution in [0.1, 0.15) is 42.2 Å². The van der Waals surface area contributed by atoms with Crippen molar-refractivity contribution in [1.82, 2.24) is 9.78 Å². The fraction of sp³-hybridized carbons (Fsp3) is 0.714. The van der Waals surface area contributed by atoms with Crippen LogP contribution >= 0.6 is 0 Å². The van der Waals surface area contributed by atoms with Gasteiger partial charge in [-0.15, -0.1) is 0 Å². The molecule has 0 bridgehead atoms. The molecule has 2 rings (SSSR count). The molecule has 1 aliphatic heterocycles. The molecule has 0 amide bonds. The van der Waals surface area contributed by atoms with Crippen LogP contribution < -0.4 is 0 Å². The van der Waals surface area contributed by atoms with Crippen molar-refractivity contribution >= 4 is 5.97 Å². The van der Waals surface area contributed by atoms with E-state index in [9.17, 15) is 4.79 Å². The molecule has 1 aromatic rings. The maximum absolute atomic E-state index is 11.8. The minimum absolute atomic E-state index is 0.169. The number of hydrogen-bond donors (Lipinski definition) is 0.